The highest BCUT2D eigenvalue weighted by Crippen LogP contribution is 2.20. The van der Waals surface area contributed by atoms with Crippen LogP contribution in [-0.2, 0) is 23.2 Å². The predicted molar refractivity (Wildman–Crippen MR) is 102 cm³/mol. The normalized spacial score (nSPS) is 10.3. The van der Waals surface area contributed by atoms with Crippen LogP contribution in [0.5, 0.6) is 0 Å². The summed E-state index contributed by atoms with van der Waals surface area (Å²) in [4.78, 5) is 35.5. The number of aromatic nitrogens is 3. The molecule has 0 radical (unpaired) electrons. The van der Waals surface area contributed by atoms with E-state index in [0.717, 1.165) is 0 Å². The van der Waals surface area contributed by atoms with Gasteiger partial charge in [0.25, 0.3) is 5.91 Å². The van der Waals surface area contributed by atoms with Gasteiger partial charge in [0.05, 0.1) is 30.2 Å². The molecular weight excluding hydrogens is 415 g/mol. The topological polar surface area (TPSA) is 121 Å². The largest absolute Gasteiger partial charge is 0.347 e. The number of halogens is 2. The number of nitrogens with one attached hydrogen (secondary N) is 4. The molecular formula is C15H16Cl2N6O3S. The maximum atomic E-state index is 12.0. The van der Waals surface area contributed by atoms with Crippen molar-refractivity contribution < 1.29 is 14.4 Å². The van der Waals surface area contributed by atoms with Gasteiger partial charge in [-0.2, -0.15) is 5.10 Å². The van der Waals surface area contributed by atoms with Crippen LogP contribution in [0.2, 0.25) is 10.0 Å². The molecule has 0 spiro atoms. The minimum absolute atomic E-state index is 0.157. The Kier molecular flexibility index (Phi) is 7.34. The summed E-state index contributed by atoms with van der Waals surface area (Å²) in [6, 6.07) is 4.40. The molecule has 0 fully saturated rings. The highest BCUT2D eigenvalue weighted by atomic mass is 35.5. The van der Waals surface area contributed by atoms with Crippen LogP contribution in [0.3, 0.4) is 0 Å². The number of H-pyrrole nitrogens is 1. The second-order valence-electron chi connectivity index (χ2n) is 5.36. The highest BCUT2D eigenvalue weighted by Gasteiger charge is 2.13. The average molecular weight is 431 g/mol. The van der Waals surface area contributed by atoms with Crippen molar-refractivity contribution in [1.82, 2.24) is 30.7 Å². The Hall–Kier alpha value is -2.43. The standard InChI is InChI=1S/C15H16Cl2N6O3S/c1-23-11(21-22-15(23)27)5-18-12(24)6-19-13(25)7-20-14(26)9-3-2-8(16)4-10(9)17/h2-4H,5-7H2,1H3,(H,18,24)(H,19,25)(H,20,26)(H,22,27). The molecule has 27 heavy (non-hydrogen) atoms. The van der Waals surface area contributed by atoms with Crippen molar-refractivity contribution in [3.8, 4) is 0 Å². The van der Waals surface area contributed by atoms with Gasteiger partial charge in [-0.15, -0.1) is 0 Å². The lowest BCUT2D eigenvalue weighted by atomic mass is 10.2. The Morgan fingerprint density at radius 3 is 2.44 bits per heavy atom. The first-order chi connectivity index (χ1) is 12.8. The number of hydrogen-bond donors (Lipinski definition) is 4. The van der Waals surface area contributed by atoms with Crippen LogP contribution >= 0.6 is 35.4 Å². The van der Waals surface area contributed by atoms with Crippen LogP contribution in [0.25, 0.3) is 0 Å². The van der Waals surface area contributed by atoms with Crippen molar-refractivity contribution in [1.29, 1.82) is 0 Å². The van der Waals surface area contributed by atoms with Crippen molar-refractivity contribution in [2.45, 2.75) is 6.54 Å². The first kappa shape index (κ1) is 20.9. The smallest absolute Gasteiger partial charge is 0.253 e. The molecule has 12 heteroatoms. The summed E-state index contributed by atoms with van der Waals surface area (Å²) in [7, 11) is 1.71. The fourth-order valence-electron chi connectivity index (χ4n) is 1.95. The summed E-state index contributed by atoms with van der Waals surface area (Å²) in [5, 5.41) is 14.5. The number of rotatable bonds is 7. The Bertz CT molecular complexity index is 927. The molecule has 0 aliphatic carbocycles. The van der Waals surface area contributed by atoms with Crippen molar-refractivity contribution in [3.05, 3.63) is 44.4 Å². The molecule has 4 N–H and O–H groups in total. The van der Waals surface area contributed by atoms with Gasteiger partial charge in [0, 0.05) is 12.1 Å². The second-order valence-corrected chi connectivity index (χ2v) is 6.59. The zero-order valence-corrected chi connectivity index (χ0v) is 16.5. The van der Waals surface area contributed by atoms with Crippen molar-refractivity contribution in [3.63, 3.8) is 0 Å². The van der Waals surface area contributed by atoms with Gasteiger partial charge in [-0.3, -0.25) is 19.5 Å². The molecule has 0 aliphatic heterocycles. The number of nitrogens with zero attached hydrogens (tertiary/aromatic N) is 2. The van der Waals surface area contributed by atoms with Gasteiger partial charge in [0.1, 0.15) is 0 Å². The van der Waals surface area contributed by atoms with Crippen molar-refractivity contribution >= 4 is 53.1 Å². The van der Waals surface area contributed by atoms with Crippen molar-refractivity contribution in [2.24, 2.45) is 7.05 Å². The summed E-state index contributed by atoms with van der Waals surface area (Å²) >= 11 is 16.7. The lowest BCUT2D eigenvalue weighted by Crippen LogP contribution is -2.42. The van der Waals surface area contributed by atoms with E-state index in [1.807, 2.05) is 0 Å². The minimum Gasteiger partial charge on any atom is -0.347 e. The zero-order valence-electron chi connectivity index (χ0n) is 14.1. The fraction of sp³-hybridized carbons (Fsp3) is 0.267. The van der Waals surface area contributed by atoms with E-state index in [9.17, 15) is 14.4 Å². The van der Waals surface area contributed by atoms with E-state index in [1.54, 1.807) is 11.6 Å². The maximum Gasteiger partial charge on any atom is 0.253 e. The van der Waals surface area contributed by atoms with Crippen molar-refractivity contribution in [2.75, 3.05) is 13.1 Å². The van der Waals surface area contributed by atoms with E-state index in [2.05, 4.69) is 26.1 Å². The summed E-state index contributed by atoms with van der Waals surface area (Å²) < 4.78 is 2.05. The SMILES string of the molecule is Cn1c(CNC(=O)CNC(=O)CNC(=O)c2ccc(Cl)cc2Cl)n[nH]c1=S. The summed E-state index contributed by atoms with van der Waals surface area (Å²) in [5.41, 5.74) is 0.194. The number of carbonyl (C=O) groups excluding carboxylic acids is 3. The second kappa shape index (κ2) is 9.49. The van der Waals surface area contributed by atoms with E-state index < -0.39 is 17.7 Å². The van der Waals surface area contributed by atoms with Crippen LogP contribution in [0.1, 0.15) is 16.2 Å². The van der Waals surface area contributed by atoms with E-state index in [0.29, 0.717) is 15.6 Å². The van der Waals surface area contributed by atoms with Gasteiger partial charge >= 0.3 is 0 Å². The quantitative estimate of drug-likeness (QED) is 0.487. The molecule has 0 bridgehead atoms. The molecule has 0 aliphatic rings. The number of amides is 3. The molecule has 1 aromatic heterocycles. The van der Waals surface area contributed by atoms with Gasteiger partial charge in [-0.05, 0) is 30.4 Å². The lowest BCUT2D eigenvalue weighted by Gasteiger charge is -2.08. The molecule has 2 rings (SSSR count). The Morgan fingerprint density at radius 1 is 1.15 bits per heavy atom. The first-order valence-electron chi connectivity index (χ1n) is 7.65. The van der Waals surface area contributed by atoms with Gasteiger partial charge in [-0.1, -0.05) is 23.2 Å². The summed E-state index contributed by atoms with van der Waals surface area (Å²) in [5.74, 6) is -0.917. The minimum atomic E-state index is -0.526. The van der Waals surface area contributed by atoms with Crippen LogP contribution in [-0.4, -0.2) is 45.6 Å². The summed E-state index contributed by atoms with van der Waals surface area (Å²) in [6.45, 7) is -0.395. The van der Waals surface area contributed by atoms with Gasteiger partial charge in [0.2, 0.25) is 11.8 Å². The predicted octanol–water partition coefficient (Wildman–Crippen LogP) is 0.947. The summed E-state index contributed by atoms with van der Waals surface area (Å²) in [6.07, 6.45) is 0. The van der Waals surface area contributed by atoms with Crippen LogP contribution in [0.15, 0.2) is 18.2 Å². The first-order valence-corrected chi connectivity index (χ1v) is 8.81. The third kappa shape index (κ3) is 6.05. The van der Waals surface area contributed by atoms with E-state index in [4.69, 9.17) is 35.4 Å². The third-order valence-corrected chi connectivity index (χ3v) is 4.36. The fourth-order valence-corrected chi connectivity index (χ4v) is 2.59. The van der Waals surface area contributed by atoms with Crippen LogP contribution < -0.4 is 16.0 Å². The number of carbonyl (C=O) groups is 3. The Morgan fingerprint density at radius 2 is 1.81 bits per heavy atom. The zero-order chi connectivity index (χ0) is 20.0. The van der Waals surface area contributed by atoms with Gasteiger partial charge in [0.15, 0.2) is 10.6 Å². The van der Waals surface area contributed by atoms with E-state index in [1.165, 1.54) is 18.2 Å². The molecule has 0 unspecified atom stereocenters. The molecule has 0 saturated carbocycles. The molecule has 0 saturated heterocycles. The van der Waals surface area contributed by atoms with E-state index >= 15 is 0 Å². The Labute approximate surface area is 169 Å². The van der Waals surface area contributed by atoms with Gasteiger partial charge < -0.3 is 20.5 Å². The molecule has 0 atom stereocenters. The monoisotopic (exact) mass is 430 g/mol. The molecule has 2 aromatic rings. The van der Waals surface area contributed by atoms with Gasteiger partial charge in [-0.25, -0.2) is 0 Å². The van der Waals surface area contributed by atoms with E-state index in [-0.39, 0.29) is 30.2 Å². The third-order valence-electron chi connectivity index (χ3n) is 3.45. The molecule has 1 aromatic carbocycles. The molecule has 3 amide bonds. The molecule has 144 valence electrons. The molecule has 1 heterocycles. The maximum absolute atomic E-state index is 12.0. The molecule has 9 nitrogen and oxygen atoms in total. The average Bonchev–Trinajstić information content (AvgIpc) is 2.94. The number of aromatic amines is 1. The number of hydrogen-bond acceptors (Lipinski definition) is 5. The van der Waals surface area contributed by atoms with Crippen LogP contribution in [0, 0.1) is 4.77 Å². The number of benzene rings is 1. The van der Waals surface area contributed by atoms with Crippen LogP contribution in [0.4, 0.5) is 0 Å². The lowest BCUT2D eigenvalue weighted by molar-refractivity contribution is -0.125. The Balaban J connectivity index is 1.72. The highest BCUT2D eigenvalue weighted by molar-refractivity contribution is 7.71.